The van der Waals surface area contributed by atoms with E-state index < -0.39 is 0 Å². The van der Waals surface area contributed by atoms with Gasteiger partial charge in [-0.05, 0) is 54.2 Å². The number of rotatable bonds is 6. The van der Waals surface area contributed by atoms with Gasteiger partial charge in [0, 0.05) is 13.0 Å². The standard InChI is InChI=1S/C20H24O6/c1-24-19-10-13(4-6-17(19)22)8-15-14(11-26-20(15)25-2)7-12-3-5-16(21)18(23)9-12/h3-6,9-10,14-15,20-23H,7-8,11H2,1-2H3/t14-,15+,20+/m1/s1. The van der Waals surface area contributed by atoms with Crippen LogP contribution < -0.4 is 4.74 Å². The second kappa shape index (κ2) is 7.85. The highest BCUT2D eigenvalue weighted by Gasteiger charge is 2.37. The Balaban J connectivity index is 1.78. The number of hydrogen-bond donors (Lipinski definition) is 3. The van der Waals surface area contributed by atoms with Gasteiger partial charge >= 0.3 is 0 Å². The number of phenolic OH excluding ortho intramolecular Hbond substituents is 3. The summed E-state index contributed by atoms with van der Waals surface area (Å²) < 4.78 is 16.5. The van der Waals surface area contributed by atoms with Crippen LogP contribution in [0.2, 0.25) is 0 Å². The highest BCUT2D eigenvalue weighted by Crippen LogP contribution is 2.36. The predicted molar refractivity (Wildman–Crippen MR) is 95.6 cm³/mol. The van der Waals surface area contributed by atoms with E-state index in [4.69, 9.17) is 14.2 Å². The summed E-state index contributed by atoms with van der Waals surface area (Å²) >= 11 is 0. The second-order valence-corrected chi connectivity index (χ2v) is 6.60. The van der Waals surface area contributed by atoms with E-state index in [0.717, 1.165) is 11.1 Å². The zero-order chi connectivity index (χ0) is 18.7. The van der Waals surface area contributed by atoms with Crippen LogP contribution in [0.3, 0.4) is 0 Å². The predicted octanol–water partition coefficient (Wildman–Crippen LogP) is 2.83. The van der Waals surface area contributed by atoms with Gasteiger partial charge in [0.1, 0.15) is 0 Å². The van der Waals surface area contributed by atoms with Gasteiger partial charge in [-0.25, -0.2) is 0 Å². The van der Waals surface area contributed by atoms with Gasteiger partial charge in [0.15, 0.2) is 29.3 Å². The molecule has 0 aromatic heterocycles. The van der Waals surface area contributed by atoms with E-state index in [-0.39, 0.29) is 35.4 Å². The number of methoxy groups -OCH3 is 2. The van der Waals surface area contributed by atoms with Crippen molar-refractivity contribution < 1.29 is 29.5 Å². The maximum Gasteiger partial charge on any atom is 0.160 e. The summed E-state index contributed by atoms with van der Waals surface area (Å²) in [5, 5.41) is 29.0. The Labute approximate surface area is 152 Å². The fourth-order valence-corrected chi connectivity index (χ4v) is 3.52. The first-order chi connectivity index (χ1) is 12.5. The number of benzene rings is 2. The molecule has 0 unspecified atom stereocenters. The molecule has 0 spiro atoms. The summed E-state index contributed by atoms with van der Waals surface area (Å²) in [6.07, 6.45) is 1.10. The van der Waals surface area contributed by atoms with Crippen LogP contribution in [0.25, 0.3) is 0 Å². The van der Waals surface area contributed by atoms with Crippen LogP contribution in [0.5, 0.6) is 23.0 Å². The minimum Gasteiger partial charge on any atom is -0.504 e. The van der Waals surface area contributed by atoms with E-state index in [1.165, 1.54) is 13.2 Å². The summed E-state index contributed by atoms with van der Waals surface area (Å²) in [5.74, 6) is 0.617. The van der Waals surface area contributed by atoms with Crippen LogP contribution in [0.4, 0.5) is 0 Å². The van der Waals surface area contributed by atoms with Crippen LogP contribution in [0, 0.1) is 11.8 Å². The minimum absolute atomic E-state index is 0.110. The molecule has 0 aliphatic carbocycles. The van der Waals surface area contributed by atoms with Crippen molar-refractivity contribution in [3.63, 3.8) is 0 Å². The summed E-state index contributed by atoms with van der Waals surface area (Å²) in [6.45, 7) is 0.556. The lowest BCUT2D eigenvalue weighted by atomic mass is 9.84. The van der Waals surface area contributed by atoms with Gasteiger partial charge in [0.05, 0.1) is 13.7 Å². The quantitative estimate of drug-likeness (QED) is 0.687. The van der Waals surface area contributed by atoms with Crippen molar-refractivity contribution in [2.45, 2.75) is 19.1 Å². The average Bonchev–Trinajstić information content (AvgIpc) is 3.01. The van der Waals surface area contributed by atoms with Gasteiger partial charge in [-0.15, -0.1) is 0 Å². The molecule has 1 heterocycles. The van der Waals surface area contributed by atoms with E-state index >= 15 is 0 Å². The molecule has 0 bridgehead atoms. The molecular weight excluding hydrogens is 336 g/mol. The lowest BCUT2D eigenvalue weighted by Gasteiger charge is -2.22. The largest absolute Gasteiger partial charge is 0.504 e. The Morgan fingerprint density at radius 3 is 2.27 bits per heavy atom. The zero-order valence-corrected chi connectivity index (χ0v) is 14.9. The summed E-state index contributed by atoms with van der Waals surface area (Å²) in [5.41, 5.74) is 1.95. The van der Waals surface area contributed by atoms with Crippen molar-refractivity contribution in [1.29, 1.82) is 0 Å². The van der Waals surface area contributed by atoms with E-state index in [9.17, 15) is 15.3 Å². The number of phenols is 3. The SMILES string of the molecule is COc1cc(C[C@H]2[C@H](Cc3ccc(O)c(O)c3)CO[C@@H]2OC)ccc1O. The Hall–Kier alpha value is -2.44. The lowest BCUT2D eigenvalue weighted by Crippen LogP contribution is -2.25. The first kappa shape index (κ1) is 18.4. The Bertz CT molecular complexity index is 760. The van der Waals surface area contributed by atoms with Gasteiger partial charge in [0.25, 0.3) is 0 Å². The van der Waals surface area contributed by atoms with E-state index in [1.54, 1.807) is 25.3 Å². The maximum absolute atomic E-state index is 9.77. The van der Waals surface area contributed by atoms with E-state index in [0.29, 0.717) is 25.2 Å². The van der Waals surface area contributed by atoms with Crippen LogP contribution >= 0.6 is 0 Å². The topological polar surface area (TPSA) is 88.4 Å². The third-order valence-corrected chi connectivity index (χ3v) is 4.92. The van der Waals surface area contributed by atoms with Crippen molar-refractivity contribution in [2.75, 3.05) is 20.8 Å². The average molecular weight is 360 g/mol. The highest BCUT2D eigenvalue weighted by atomic mass is 16.7. The monoisotopic (exact) mass is 360 g/mol. The molecule has 1 saturated heterocycles. The second-order valence-electron chi connectivity index (χ2n) is 6.60. The van der Waals surface area contributed by atoms with Crippen LogP contribution in [0.1, 0.15) is 11.1 Å². The van der Waals surface area contributed by atoms with Gasteiger partial charge in [0.2, 0.25) is 0 Å². The zero-order valence-electron chi connectivity index (χ0n) is 14.9. The van der Waals surface area contributed by atoms with E-state index in [2.05, 4.69) is 0 Å². The smallest absolute Gasteiger partial charge is 0.160 e. The van der Waals surface area contributed by atoms with Crippen molar-refractivity contribution >= 4 is 0 Å². The normalized spacial score (nSPS) is 22.5. The van der Waals surface area contributed by atoms with Crippen LogP contribution in [0.15, 0.2) is 36.4 Å². The fourth-order valence-electron chi connectivity index (χ4n) is 3.52. The molecule has 140 valence electrons. The molecule has 0 saturated carbocycles. The highest BCUT2D eigenvalue weighted by molar-refractivity contribution is 5.42. The molecule has 6 nitrogen and oxygen atoms in total. The Kier molecular flexibility index (Phi) is 5.54. The molecule has 26 heavy (non-hydrogen) atoms. The molecule has 1 aliphatic heterocycles. The summed E-state index contributed by atoms with van der Waals surface area (Å²) in [6, 6.07) is 10.2. The Morgan fingerprint density at radius 2 is 1.62 bits per heavy atom. The molecule has 3 N–H and O–H groups in total. The summed E-state index contributed by atoms with van der Waals surface area (Å²) in [7, 11) is 3.15. The number of aromatic hydroxyl groups is 3. The van der Waals surface area contributed by atoms with Gasteiger partial charge < -0.3 is 29.5 Å². The molecule has 6 heteroatoms. The van der Waals surface area contributed by atoms with Crippen LogP contribution in [-0.2, 0) is 22.3 Å². The molecule has 0 radical (unpaired) electrons. The van der Waals surface area contributed by atoms with Crippen molar-refractivity contribution in [2.24, 2.45) is 11.8 Å². The maximum atomic E-state index is 9.77. The first-order valence-electron chi connectivity index (χ1n) is 8.53. The Morgan fingerprint density at radius 1 is 0.923 bits per heavy atom. The lowest BCUT2D eigenvalue weighted by molar-refractivity contribution is -0.110. The molecule has 3 atom stereocenters. The first-order valence-corrected chi connectivity index (χ1v) is 8.53. The molecule has 3 rings (SSSR count). The van der Waals surface area contributed by atoms with Gasteiger partial charge in [-0.2, -0.15) is 0 Å². The molecule has 2 aromatic rings. The third-order valence-electron chi connectivity index (χ3n) is 4.92. The molecule has 1 fully saturated rings. The third kappa shape index (κ3) is 3.86. The van der Waals surface area contributed by atoms with Crippen molar-refractivity contribution in [3.8, 4) is 23.0 Å². The fraction of sp³-hybridized carbons (Fsp3) is 0.400. The van der Waals surface area contributed by atoms with Crippen LogP contribution in [-0.4, -0.2) is 42.4 Å². The van der Waals surface area contributed by atoms with Crippen molar-refractivity contribution in [1.82, 2.24) is 0 Å². The van der Waals surface area contributed by atoms with Gasteiger partial charge in [-0.3, -0.25) is 0 Å². The number of hydrogen-bond acceptors (Lipinski definition) is 6. The number of ether oxygens (including phenoxy) is 3. The van der Waals surface area contributed by atoms with Gasteiger partial charge in [-0.1, -0.05) is 12.1 Å². The van der Waals surface area contributed by atoms with Crippen molar-refractivity contribution in [3.05, 3.63) is 47.5 Å². The molecule has 0 amide bonds. The van der Waals surface area contributed by atoms with E-state index in [1.807, 2.05) is 12.1 Å². The molecule has 1 aliphatic rings. The summed E-state index contributed by atoms with van der Waals surface area (Å²) in [4.78, 5) is 0. The minimum atomic E-state index is -0.314. The molecule has 2 aromatic carbocycles. The molecular formula is C20H24O6.